The molecule has 0 atom stereocenters. The van der Waals surface area contributed by atoms with E-state index in [0.29, 0.717) is 18.4 Å². The van der Waals surface area contributed by atoms with Gasteiger partial charge < -0.3 is 4.90 Å². The normalized spacial score (nSPS) is 21.0. The van der Waals surface area contributed by atoms with Crippen LogP contribution in [-0.4, -0.2) is 64.4 Å². The van der Waals surface area contributed by atoms with Crippen LogP contribution in [0.1, 0.15) is 24.8 Å². The Bertz CT molecular complexity index is 468. The monoisotopic (exact) mass is 319 g/mol. The topological polar surface area (TPSA) is 36.4 Å². The first-order valence-corrected chi connectivity index (χ1v) is 9.47. The second-order valence-corrected chi connectivity index (χ2v) is 7.34. The zero-order valence-corrected chi connectivity index (χ0v) is 13.9. The van der Waals surface area contributed by atoms with Crippen molar-refractivity contribution in [1.82, 2.24) is 14.8 Å². The molecule has 2 aliphatic heterocycles. The predicted molar refractivity (Wildman–Crippen MR) is 91.1 cm³/mol. The molecule has 3 rings (SSSR count). The maximum Gasteiger partial charge on any atom is 0.222 e. The molecule has 0 aliphatic carbocycles. The number of hydrogen-bond acceptors (Lipinski definition) is 4. The lowest BCUT2D eigenvalue weighted by Crippen LogP contribution is -2.49. The van der Waals surface area contributed by atoms with Gasteiger partial charge in [0.15, 0.2) is 0 Å². The lowest BCUT2D eigenvalue weighted by Gasteiger charge is -2.40. The number of pyridine rings is 1. The van der Waals surface area contributed by atoms with Crippen LogP contribution < -0.4 is 0 Å². The molecule has 1 amide bonds. The third kappa shape index (κ3) is 4.23. The van der Waals surface area contributed by atoms with Crippen LogP contribution in [0.2, 0.25) is 0 Å². The molecule has 3 heterocycles. The number of amides is 1. The van der Waals surface area contributed by atoms with Crippen LogP contribution in [0.3, 0.4) is 0 Å². The van der Waals surface area contributed by atoms with E-state index in [1.54, 1.807) is 12.4 Å². The molecule has 4 nitrogen and oxygen atoms in total. The standard InChI is InChI=1S/C17H25N3OS/c21-17(2-1-15-3-7-18-8-4-15)20-9-5-16(6-10-20)19-11-13-22-14-12-19/h3-4,7-8,16H,1-2,5-6,9-14H2. The Labute approximate surface area is 137 Å². The number of aryl methyl sites for hydroxylation is 1. The number of piperidine rings is 1. The van der Waals surface area contributed by atoms with Gasteiger partial charge in [-0.2, -0.15) is 11.8 Å². The first-order valence-electron chi connectivity index (χ1n) is 8.31. The molecule has 0 radical (unpaired) electrons. The van der Waals surface area contributed by atoms with E-state index in [-0.39, 0.29) is 0 Å². The summed E-state index contributed by atoms with van der Waals surface area (Å²) in [4.78, 5) is 21.1. The molecule has 2 fully saturated rings. The van der Waals surface area contributed by atoms with E-state index < -0.39 is 0 Å². The summed E-state index contributed by atoms with van der Waals surface area (Å²) in [6.45, 7) is 4.32. The van der Waals surface area contributed by atoms with Crippen LogP contribution in [0, 0.1) is 0 Å². The summed E-state index contributed by atoms with van der Waals surface area (Å²) in [6.07, 6.45) is 7.32. The van der Waals surface area contributed by atoms with Crippen molar-refractivity contribution in [2.75, 3.05) is 37.7 Å². The van der Waals surface area contributed by atoms with Gasteiger partial charge in [0.2, 0.25) is 5.91 Å². The fraction of sp³-hybridized carbons (Fsp3) is 0.647. The highest BCUT2D eigenvalue weighted by atomic mass is 32.2. The van der Waals surface area contributed by atoms with Crippen molar-refractivity contribution in [3.05, 3.63) is 30.1 Å². The maximum atomic E-state index is 12.3. The summed E-state index contributed by atoms with van der Waals surface area (Å²) in [6, 6.07) is 4.69. The van der Waals surface area contributed by atoms with Gasteiger partial charge in [0.25, 0.3) is 0 Å². The van der Waals surface area contributed by atoms with Gasteiger partial charge in [-0.25, -0.2) is 0 Å². The van der Waals surface area contributed by atoms with E-state index in [1.165, 1.54) is 30.2 Å². The number of nitrogens with zero attached hydrogens (tertiary/aromatic N) is 3. The van der Waals surface area contributed by atoms with E-state index in [2.05, 4.69) is 26.5 Å². The molecule has 0 N–H and O–H groups in total. The molecular weight excluding hydrogens is 294 g/mol. The summed E-state index contributed by atoms with van der Waals surface area (Å²) in [5.74, 6) is 2.85. The van der Waals surface area contributed by atoms with Gasteiger partial charge >= 0.3 is 0 Å². The van der Waals surface area contributed by atoms with Gasteiger partial charge in [0.1, 0.15) is 0 Å². The molecule has 1 aromatic heterocycles. The number of hydrogen-bond donors (Lipinski definition) is 0. The maximum absolute atomic E-state index is 12.3. The van der Waals surface area contributed by atoms with Gasteiger partial charge in [0.05, 0.1) is 0 Å². The second-order valence-electron chi connectivity index (χ2n) is 6.12. The van der Waals surface area contributed by atoms with Crippen LogP contribution in [-0.2, 0) is 11.2 Å². The van der Waals surface area contributed by atoms with E-state index in [4.69, 9.17) is 0 Å². The molecule has 0 unspecified atom stereocenters. The van der Waals surface area contributed by atoms with E-state index in [0.717, 1.165) is 32.4 Å². The van der Waals surface area contributed by atoms with Gasteiger partial charge in [-0.1, -0.05) is 0 Å². The third-order valence-corrected chi connectivity index (χ3v) is 5.70. The Morgan fingerprint density at radius 2 is 1.82 bits per heavy atom. The molecule has 120 valence electrons. The number of aromatic nitrogens is 1. The molecular formula is C17H25N3OS. The summed E-state index contributed by atoms with van der Waals surface area (Å²) in [5.41, 5.74) is 1.20. The first kappa shape index (κ1) is 15.8. The highest BCUT2D eigenvalue weighted by Crippen LogP contribution is 2.21. The molecule has 0 aromatic carbocycles. The predicted octanol–water partition coefficient (Wildman–Crippen LogP) is 2.05. The molecule has 0 spiro atoms. The minimum absolute atomic E-state index is 0.310. The highest BCUT2D eigenvalue weighted by molar-refractivity contribution is 7.99. The van der Waals surface area contributed by atoms with Crippen molar-refractivity contribution >= 4 is 17.7 Å². The molecule has 5 heteroatoms. The van der Waals surface area contributed by atoms with E-state index in [1.807, 2.05) is 12.1 Å². The average molecular weight is 319 g/mol. The summed E-state index contributed by atoms with van der Waals surface area (Å²) >= 11 is 2.06. The van der Waals surface area contributed by atoms with Gasteiger partial charge in [0, 0.05) is 62.5 Å². The Morgan fingerprint density at radius 1 is 1.14 bits per heavy atom. The largest absolute Gasteiger partial charge is 0.343 e. The number of carbonyl (C=O) groups excluding carboxylic acids is 1. The number of carbonyl (C=O) groups is 1. The summed E-state index contributed by atoms with van der Waals surface area (Å²) in [7, 11) is 0. The minimum Gasteiger partial charge on any atom is -0.343 e. The molecule has 22 heavy (non-hydrogen) atoms. The lowest BCUT2D eigenvalue weighted by molar-refractivity contribution is -0.132. The molecule has 2 aliphatic rings. The third-order valence-electron chi connectivity index (χ3n) is 4.76. The number of rotatable bonds is 4. The Balaban J connectivity index is 1.41. The smallest absolute Gasteiger partial charge is 0.222 e. The van der Waals surface area contributed by atoms with Gasteiger partial charge in [-0.3, -0.25) is 14.7 Å². The fourth-order valence-corrected chi connectivity index (χ4v) is 4.31. The molecule has 0 saturated carbocycles. The molecule has 1 aromatic rings. The van der Waals surface area contributed by atoms with Crippen LogP contribution in [0.15, 0.2) is 24.5 Å². The second kappa shape index (κ2) is 7.97. The van der Waals surface area contributed by atoms with Crippen molar-refractivity contribution in [2.45, 2.75) is 31.7 Å². The van der Waals surface area contributed by atoms with Gasteiger partial charge in [-0.05, 0) is 37.0 Å². The molecule has 0 bridgehead atoms. The number of thioether (sulfide) groups is 1. The molecule has 2 saturated heterocycles. The first-order chi connectivity index (χ1) is 10.8. The zero-order chi connectivity index (χ0) is 15.2. The van der Waals surface area contributed by atoms with Crippen molar-refractivity contribution in [1.29, 1.82) is 0 Å². The number of likely N-dealkylation sites (tertiary alicyclic amines) is 1. The minimum atomic E-state index is 0.310. The van der Waals surface area contributed by atoms with Crippen molar-refractivity contribution < 1.29 is 4.79 Å². The van der Waals surface area contributed by atoms with Crippen LogP contribution in [0.25, 0.3) is 0 Å². The van der Waals surface area contributed by atoms with E-state index >= 15 is 0 Å². The van der Waals surface area contributed by atoms with Crippen LogP contribution in [0.4, 0.5) is 0 Å². The Morgan fingerprint density at radius 3 is 2.50 bits per heavy atom. The van der Waals surface area contributed by atoms with Crippen LogP contribution >= 0.6 is 11.8 Å². The Hall–Kier alpha value is -1.07. The summed E-state index contributed by atoms with van der Waals surface area (Å²) < 4.78 is 0. The highest BCUT2D eigenvalue weighted by Gasteiger charge is 2.27. The van der Waals surface area contributed by atoms with Crippen molar-refractivity contribution in [3.8, 4) is 0 Å². The van der Waals surface area contributed by atoms with Crippen molar-refractivity contribution in [3.63, 3.8) is 0 Å². The van der Waals surface area contributed by atoms with Gasteiger partial charge in [-0.15, -0.1) is 0 Å². The Kier molecular flexibility index (Phi) is 5.73. The quantitative estimate of drug-likeness (QED) is 0.851. The van der Waals surface area contributed by atoms with E-state index in [9.17, 15) is 4.79 Å². The average Bonchev–Trinajstić information content (AvgIpc) is 2.61. The zero-order valence-electron chi connectivity index (χ0n) is 13.1. The fourth-order valence-electron chi connectivity index (χ4n) is 3.38. The summed E-state index contributed by atoms with van der Waals surface area (Å²) in [5, 5.41) is 0. The van der Waals surface area contributed by atoms with Crippen LogP contribution in [0.5, 0.6) is 0 Å². The van der Waals surface area contributed by atoms with Crippen molar-refractivity contribution in [2.24, 2.45) is 0 Å². The SMILES string of the molecule is O=C(CCc1ccncc1)N1CCC(N2CCSCC2)CC1. The lowest BCUT2D eigenvalue weighted by atomic mass is 10.0.